The Kier molecular flexibility index (Phi) is 6.02. The van der Waals surface area contributed by atoms with Crippen molar-refractivity contribution in [2.45, 2.75) is 19.5 Å². The Morgan fingerprint density at radius 3 is 2.71 bits per heavy atom. The molecular weight excluding hydrogens is 443 g/mol. The minimum atomic E-state index is -1.52. The average molecular weight is 470 g/mol. The van der Waals surface area contributed by atoms with E-state index in [0.717, 1.165) is 58.6 Å². The van der Waals surface area contributed by atoms with E-state index in [9.17, 15) is 14.8 Å². The number of carbonyl (C=O) groups excluding carboxylic acids is 1. The first kappa shape index (κ1) is 23.0. The van der Waals surface area contributed by atoms with Gasteiger partial charge in [-0.3, -0.25) is 4.79 Å². The summed E-state index contributed by atoms with van der Waals surface area (Å²) in [5, 5.41) is 24.1. The van der Waals surface area contributed by atoms with Crippen LogP contribution in [-0.2, 0) is 26.6 Å². The summed E-state index contributed by atoms with van der Waals surface area (Å²) in [6, 6.07) is 12.7. The fourth-order valence-corrected chi connectivity index (χ4v) is 4.70. The van der Waals surface area contributed by atoms with Crippen molar-refractivity contribution in [1.29, 1.82) is 0 Å². The first-order valence-corrected chi connectivity index (χ1v) is 11.5. The Morgan fingerprint density at radius 2 is 1.94 bits per heavy atom. The number of amides is 1. The van der Waals surface area contributed by atoms with E-state index in [1.54, 1.807) is 24.3 Å². The number of benzene rings is 2. The van der Waals surface area contributed by atoms with E-state index in [1.165, 1.54) is 0 Å². The van der Waals surface area contributed by atoms with Crippen molar-refractivity contribution in [3.05, 3.63) is 71.0 Å². The van der Waals surface area contributed by atoms with Gasteiger partial charge in [0.2, 0.25) is 5.91 Å². The lowest BCUT2D eigenvalue weighted by atomic mass is 9.79. The zero-order valence-electron chi connectivity index (χ0n) is 19.7. The van der Waals surface area contributed by atoms with Crippen molar-refractivity contribution in [3.8, 4) is 11.5 Å². The molecule has 5 N–H and O–H groups in total. The van der Waals surface area contributed by atoms with Gasteiger partial charge in [0.25, 0.3) is 0 Å². The van der Waals surface area contributed by atoms with Crippen LogP contribution in [0.1, 0.15) is 27.2 Å². The van der Waals surface area contributed by atoms with Gasteiger partial charge in [0.15, 0.2) is 5.82 Å². The third-order valence-electron chi connectivity index (χ3n) is 6.47. The molecule has 3 heterocycles. The van der Waals surface area contributed by atoms with Gasteiger partial charge in [0.1, 0.15) is 5.82 Å². The second-order valence-corrected chi connectivity index (χ2v) is 9.00. The van der Waals surface area contributed by atoms with Crippen LogP contribution in [0.3, 0.4) is 0 Å². The van der Waals surface area contributed by atoms with Crippen molar-refractivity contribution in [2.24, 2.45) is 12.8 Å². The van der Waals surface area contributed by atoms with Crippen LogP contribution in [0.15, 0.2) is 48.7 Å². The molecule has 0 radical (unpaired) electrons. The number of rotatable bonds is 6. The van der Waals surface area contributed by atoms with Crippen molar-refractivity contribution in [2.75, 3.05) is 18.9 Å². The molecule has 0 atom stereocenters. The highest BCUT2D eigenvalue weighted by atomic mass is 16.4. The zero-order valence-corrected chi connectivity index (χ0v) is 19.7. The first-order chi connectivity index (χ1) is 16.8. The van der Waals surface area contributed by atoms with Crippen LogP contribution in [0.2, 0.25) is 0 Å². The molecule has 4 aromatic rings. The van der Waals surface area contributed by atoms with Crippen LogP contribution in [0.25, 0.3) is 22.3 Å². The van der Waals surface area contributed by atoms with Gasteiger partial charge in [-0.05, 0) is 24.1 Å². The highest BCUT2D eigenvalue weighted by Gasteiger charge is 2.24. The molecule has 0 bridgehead atoms. The highest BCUT2D eigenvalue weighted by molar-refractivity contribution is 6.58. The van der Waals surface area contributed by atoms with Gasteiger partial charge in [-0.25, -0.2) is 9.97 Å². The summed E-state index contributed by atoms with van der Waals surface area (Å²) in [4.78, 5) is 24.1. The van der Waals surface area contributed by atoms with Crippen molar-refractivity contribution in [3.63, 3.8) is 0 Å². The third kappa shape index (κ3) is 4.39. The average Bonchev–Trinajstić information content (AvgIpc) is 3.18. The second kappa shape index (κ2) is 9.14. The summed E-state index contributed by atoms with van der Waals surface area (Å²) in [6.07, 6.45) is 2.69. The van der Waals surface area contributed by atoms with Gasteiger partial charge in [-0.15, -0.1) is 0 Å². The fourth-order valence-electron chi connectivity index (χ4n) is 4.70. The van der Waals surface area contributed by atoms with Gasteiger partial charge < -0.3 is 30.6 Å². The predicted molar refractivity (Wildman–Crippen MR) is 136 cm³/mol. The molecule has 0 unspecified atom stereocenters. The zero-order chi connectivity index (χ0) is 24.7. The molecule has 5 rings (SSSR count). The Morgan fingerprint density at radius 1 is 1.14 bits per heavy atom. The van der Waals surface area contributed by atoms with Gasteiger partial charge in [0, 0.05) is 61.2 Å². The fraction of sp³-hybridized carbons (Fsp3) is 0.240. The van der Waals surface area contributed by atoms with E-state index >= 15 is 0 Å². The molecule has 9 nitrogen and oxygen atoms in total. The molecule has 0 fully saturated rings. The molecule has 0 saturated heterocycles. The minimum absolute atomic E-state index is 0.440. The number of anilines is 1. The Balaban J connectivity index is 1.59. The maximum atomic E-state index is 12.0. The van der Waals surface area contributed by atoms with E-state index in [-0.39, 0.29) is 0 Å². The van der Waals surface area contributed by atoms with Gasteiger partial charge >= 0.3 is 7.12 Å². The molecule has 178 valence electrons. The maximum Gasteiger partial charge on any atom is 0.488 e. The number of aryl methyl sites for hydroxylation is 1. The third-order valence-corrected chi connectivity index (χ3v) is 6.47. The van der Waals surface area contributed by atoms with Gasteiger partial charge in [-0.2, -0.15) is 0 Å². The van der Waals surface area contributed by atoms with E-state index < -0.39 is 13.0 Å². The number of fused-ring (bicyclic) bond motifs is 2. The number of carbonyl (C=O) groups is 1. The van der Waals surface area contributed by atoms with E-state index in [1.807, 2.05) is 36.0 Å². The molecule has 35 heavy (non-hydrogen) atoms. The largest absolute Gasteiger partial charge is 0.488 e. The second-order valence-electron chi connectivity index (χ2n) is 9.00. The predicted octanol–water partition coefficient (Wildman–Crippen LogP) is 1.01. The molecule has 0 saturated carbocycles. The summed E-state index contributed by atoms with van der Waals surface area (Å²) in [7, 11) is 2.47. The molecule has 2 aromatic carbocycles. The quantitative estimate of drug-likeness (QED) is 0.310. The number of aromatic nitrogens is 3. The lowest BCUT2D eigenvalue weighted by molar-refractivity contribution is 0.100. The topological polar surface area (TPSA) is 130 Å². The van der Waals surface area contributed by atoms with E-state index in [0.29, 0.717) is 23.4 Å². The Hall–Kier alpha value is -3.73. The summed E-state index contributed by atoms with van der Waals surface area (Å²) in [5.74, 6) is 0.848. The number of hydrogen-bond donors (Lipinski definition) is 4. The molecule has 10 heteroatoms. The van der Waals surface area contributed by atoms with Crippen molar-refractivity contribution in [1.82, 2.24) is 19.4 Å². The van der Waals surface area contributed by atoms with E-state index in [2.05, 4.69) is 17.3 Å². The summed E-state index contributed by atoms with van der Waals surface area (Å²) in [5.41, 5.74) is 10.3. The van der Waals surface area contributed by atoms with Crippen molar-refractivity contribution < 1.29 is 14.8 Å². The SMILES string of the molecule is CN1CCc2nc(-c3c4cccc(C(N)=O)c4cn3C)nc(NCc3cccc(B(O)O)c3)c2C1. The monoisotopic (exact) mass is 470 g/mol. The molecule has 2 aromatic heterocycles. The van der Waals surface area contributed by atoms with E-state index in [4.69, 9.17) is 15.7 Å². The first-order valence-electron chi connectivity index (χ1n) is 11.5. The Labute approximate surface area is 203 Å². The number of nitrogens with two attached hydrogens (primary N) is 1. The summed E-state index contributed by atoms with van der Waals surface area (Å²) in [6.45, 7) is 2.10. The van der Waals surface area contributed by atoms with Crippen LogP contribution >= 0.6 is 0 Å². The van der Waals surface area contributed by atoms with Crippen molar-refractivity contribution >= 4 is 35.1 Å². The number of hydrogen-bond acceptors (Lipinski definition) is 7. The van der Waals surface area contributed by atoms with Crippen LogP contribution in [0.5, 0.6) is 0 Å². The molecular formula is C25H27BN6O3. The number of nitrogens with zero attached hydrogens (tertiary/aromatic N) is 4. The lowest BCUT2D eigenvalue weighted by Crippen LogP contribution is -2.30. The maximum absolute atomic E-state index is 12.0. The van der Waals surface area contributed by atoms with Crippen LogP contribution in [0, 0.1) is 0 Å². The van der Waals surface area contributed by atoms with Crippen LogP contribution < -0.4 is 16.5 Å². The molecule has 1 aliphatic heterocycles. The molecule has 1 amide bonds. The smallest absolute Gasteiger partial charge is 0.423 e. The lowest BCUT2D eigenvalue weighted by Gasteiger charge is -2.26. The Bertz CT molecular complexity index is 1430. The molecule has 1 aliphatic rings. The number of nitrogens with one attached hydrogen (secondary N) is 1. The summed E-state index contributed by atoms with van der Waals surface area (Å²) < 4.78 is 1.93. The standard InChI is InChI=1S/C25H27BN6O3/c1-31-10-9-21-20(13-31)24(28-12-15-5-3-6-16(11-15)26(34)35)30-25(29-21)22-17-7-4-8-18(23(27)33)19(17)14-32(22)2/h3-8,11,14,34-35H,9-10,12-13H2,1-2H3,(H2,27,33)(H,28,29,30). The minimum Gasteiger partial charge on any atom is -0.423 e. The number of primary amides is 1. The number of likely N-dealkylation sites (N-methyl/N-ethyl adjacent to an activating group) is 1. The molecule has 0 aliphatic carbocycles. The molecule has 0 spiro atoms. The summed E-state index contributed by atoms with van der Waals surface area (Å²) >= 11 is 0. The van der Waals surface area contributed by atoms with Crippen LogP contribution in [-0.4, -0.2) is 56.1 Å². The normalized spacial score (nSPS) is 13.6. The van der Waals surface area contributed by atoms with Crippen LogP contribution in [0.4, 0.5) is 5.82 Å². The highest BCUT2D eigenvalue weighted by Crippen LogP contribution is 2.33. The van der Waals surface area contributed by atoms with Gasteiger partial charge in [-0.1, -0.05) is 36.4 Å². The van der Waals surface area contributed by atoms with Gasteiger partial charge in [0.05, 0.1) is 11.4 Å².